The molecule has 0 spiro atoms. The highest BCUT2D eigenvalue weighted by atomic mass is 16.3. The van der Waals surface area contributed by atoms with Crippen molar-refractivity contribution in [2.24, 2.45) is 12.8 Å². The predicted octanol–water partition coefficient (Wildman–Crippen LogP) is 1.10. The highest BCUT2D eigenvalue weighted by molar-refractivity contribution is 5.27. The molecule has 0 amide bonds. The number of aliphatic hydroxyl groups is 1. The monoisotopic (exact) mass is 211 g/mol. The van der Waals surface area contributed by atoms with E-state index in [0.717, 1.165) is 11.3 Å². The quantitative estimate of drug-likeness (QED) is 0.770. The van der Waals surface area contributed by atoms with E-state index in [1.165, 1.54) is 0 Å². The normalized spacial score (nSPS) is 16.5. The molecule has 1 aromatic heterocycles. The molecule has 4 heteroatoms. The Balaban J connectivity index is 3.18. The van der Waals surface area contributed by atoms with E-state index < -0.39 is 6.10 Å². The molecule has 1 aromatic rings. The van der Waals surface area contributed by atoms with Crippen LogP contribution >= 0.6 is 0 Å². The summed E-state index contributed by atoms with van der Waals surface area (Å²) in [4.78, 5) is 0. The molecule has 2 unspecified atom stereocenters. The van der Waals surface area contributed by atoms with E-state index in [2.05, 4.69) is 25.9 Å². The average molecular weight is 211 g/mol. The number of aryl methyl sites for hydroxylation is 1. The molecule has 1 rings (SSSR count). The summed E-state index contributed by atoms with van der Waals surface area (Å²) in [6.45, 7) is 8.02. The first kappa shape index (κ1) is 12.2. The van der Waals surface area contributed by atoms with Crippen molar-refractivity contribution in [1.29, 1.82) is 0 Å². The standard InChI is InChI=1S/C11H21N3O/c1-7(12)9(15)8-6-14(5)13-10(8)11(2,3)4/h6-7,9,15H,12H2,1-5H3. The summed E-state index contributed by atoms with van der Waals surface area (Å²) < 4.78 is 1.72. The van der Waals surface area contributed by atoms with Crippen molar-refractivity contribution >= 4 is 0 Å². The Bertz CT molecular complexity index is 336. The van der Waals surface area contributed by atoms with Gasteiger partial charge in [0.1, 0.15) is 0 Å². The molecule has 4 nitrogen and oxygen atoms in total. The van der Waals surface area contributed by atoms with Crippen molar-refractivity contribution in [3.8, 4) is 0 Å². The largest absolute Gasteiger partial charge is 0.387 e. The van der Waals surface area contributed by atoms with E-state index in [0.29, 0.717) is 0 Å². The van der Waals surface area contributed by atoms with Crippen LogP contribution in [0.2, 0.25) is 0 Å². The first-order chi connectivity index (χ1) is 6.73. The third-order valence-electron chi connectivity index (χ3n) is 2.38. The Labute approximate surface area is 91.1 Å². The first-order valence-corrected chi connectivity index (χ1v) is 5.21. The molecule has 0 aromatic carbocycles. The molecule has 0 radical (unpaired) electrons. The Morgan fingerprint density at radius 2 is 2.00 bits per heavy atom. The molecule has 3 N–H and O–H groups in total. The Morgan fingerprint density at radius 1 is 1.47 bits per heavy atom. The smallest absolute Gasteiger partial charge is 0.0971 e. The van der Waals surface area contributed by atoms with Crippen LogP contribution in [0.15, 0.2) is 6.20 Å². The van der Waals surface area contributed by atoms with E-state index in [4.69, 9.17) is 5.73 Å². The Kier molecular flexibility index (Phi) is 3.21. The van der Waals surface area contributed by atoms with E-state index in [1.54, 1.807) is 11.6 Å². The molecule has 0 fully saturated rings. The van der Waals surface area contributed by atoms with Crippen molar-refractivity contribution in [1.82, 2.24) is 9.78 Å². The summed E-state index contributed by atoms with van der Waals surface area (Å²) in [6, 6.07) is -0.282. The molecular formula is C11H21N3O. The fourth-order valence-corrected chi connectivity index (χ4v) is 1.59. The van der Waals surface area contributed by atoms with Gasteiger partial charge in [0.2, 0.25) is 0 Å². The van der Waals surface area contributed by atoms with Gasteiger partial charge in [-0.15, -0.1) is 0 Å². The summed E-state index contributed by atoms with van der Waals surface area (Å²) >= 11 is 0. The number of nitrogens with zero attached hydrogens (tertiary/aromatic N) is 2. The average Bonchev–Trinajstić information content (AvgIpc) is 2.44. The third kappa shape index (κ3) is 2.58. The summed E-state index contributed by atoms with van der Waals surface area (Å²) in [7, 11) is 1.85. The second-order valence-corrected chi connectivity index (χ2v) is 5.16. The SMILES string of the molecule is CC(N)C(O)c1cn(C)nc1C(C)(C)C. The maximum absolute atomic E-state index is 9.98. The minimum Gasteiger partial charge on any atom is -0.387 e. The topological polar surface area (TPSA) is 64.1 Å². The number of nitrogens with two attached hydrogens (primary N) is 1. The molecule has 15 heavy (non-hydrogen) atoms. The van der Waals surface area contributed by atoms with Gasteiger partial charge in [-0.25, -0.2) is 0 Å². The van der Waals surface area contributed by atoms with Gasteiger partial charge in [0.25, 0.3) is 0 Å². The van der Waals surface area contributed by atoms with Crippen molar-refractivity contribution in [3.63, 3.8) is 0 Å². The van der Waals surface area contributed by atoms with Crippen LogP contribution in [0.4, 0.5) is 0 Å². The van der Waals surface area contributed by atoms with Crippen molar-refractivity contribution in [3.05, 3.63) is 17.5 Å². The summed E-state index contributed by atoms with van der Waals surface area (Å²) in [5.41, 5.74) is 7.37. The van der Waals surface area contributed by atoms with Crippen LogP contribution in [-0.4, -0.2) is 20.9 Å². The first-order valence-electron chi connectivity index (χ1n) is 5.21. The molecule has 0 aliphatic heterocycles. The minimum absolute atomic E-state index is 0.0769. The summed E-state index contributed by atoms with van der Waals surface area (Å²) in [6.07, 6.45) is 1.20. The van der Waals surface area contributed by atoms with Gasteiger partial charge in [-0.1, -0.05) is 20.8 Å². The predicted molar refractivity (Wildman–Crippen MR) is 60.5 cm³/mol. The number of rotatable bonds is 2. The molecule has 0 saturated carbocycles. The van der Waals surface area contributed by atoms with Crippen LogP contribution < -0.4 is 5.73 Å². The lowest BCUT2D eigenvalue weighted by Gasteiger charge is -2.21. The fourth-order valence-electron chi connectivity index (χ4n) is 1.59. The molecule has 1 heterocycles. The maximum Gasteiger partial charge on any atom is 0.0971 e. The van der Waals surface area contributed by atoms with Crippen LogP contribution in [0, 0.1) is 0 Å². The maximum atomic E-state index is 9.98. The van der Waals surface area contributed by atoms with Crippen LogP contribution in [0.1, 0.15) is 45.1 Å². The summed E-state index contributed by atoms with van der Waals surface area (Å²) in [5, 5.41) is 14.4. The molecule has 86 valence electrons. The van der Waals surface area contributed by atoms with Gasteiger partial charge in [0, 0.05) is 30.3 Å². The Morgan fingerprint density at radius 3 is 2.40 bits per heavy atom. The minimum atomic E-state index is -0.645. The lowest BCUT2D eigenvalue weighted by molar-refractivity contribution is 0.151. The van der Waals surface area contributed by atoms with Gasteiger partial charge in [-0.3, -0.25) is 4.68 Å². The van der Waals surface area contributed by atoms with Gasteiger partial charge >= 0.3 is 0 Å². The van der Waals surface area contributed by atoms with Crippen molar-refractivity contribution in [2.75, 3.05) is 0 Å². The zero-order valence-corrected chi connectivity index (χ0v) is 10.2. The second kappa shape index (κ2) is 3.94. The molecule has 0 aliphatic rings. The molecular weight excluding hydrogens is 190 g/mol. The number of aromatic nitrogens is 2. The van der Waals surface area contributed by atoms with Crippen molar-refractivity contribution < 1.29 is 5.11 Å². The Hall–Kier alpha value is -0.870. The number of hydrogen-bond acceptors (Lipinski definition) is 3. The van der Waals surface area contributed by atoms with Crippen LogP contribution in [0.25, 0.3) is 0 Å². The lowest BCUT2D eigenvalue weighted by Crippen LogP contribution is -2.26. The van der Waals surface area contributed by atoms with E-state index in [-0.39, 0.29) is 11.5 Å². The van der Waals surface area contributed by atoms with Gasteiger partial charge < -0.3 is 10.8 Å². The lowest BCUT2D eigenvalue weighted by atomic mass is 9.87. The zero-order valence-electron chi connectivity index (χ0n) is 10.2. The van der Waals surface area contributed by atoms with E-state index >= 15 is 0 Å². The van der Waals surface area contributed by atoms with Crippen LogP contribution in [0.3, 0.4) is 0 Å². The molecule has 0 bridgehead atoms. The second-order valence-electron chi connectivity index (χ2n) is 5.16. The van der Waals surface area contributed by atoms with Gasteiger partial charge in [-0.2, -0.15) is 5.10 Å². The fraction of sp³-hybridized carbons (Fsp3) is 0.727. The van der Waals surface area contributed by atoms with Gasteiger partial charge in [0.05, 0.1) is 11.8 Å². The summed E-state index contributed by atoms with van der Waals surface area (Å²) in [5.74, 6) is 0. The van der Waals surface area contributed by atoms with E-state index in [1.807, 2.05) is 13.2 Å². The molecule has 0 saturated heterocycles. The number of hydrogen-bond donors (Lipinski definition) is 2. The highest BCUT2D eigenvalue weighted by Crippen LogP contribution is 2.29. The number of aliphatic hydroxyl groups excluding tert-OH is 1. The van der Waals surface area contributed by atoms with Gasteiger partial charge in [0.15, 0.2) is 0 Å². The van der Waals surface area contributed by atoms with Gasteiger partial charge in [-0.05, 0) is 6.92 Å². The van der Waals surface area contributed by atoms with Crippen LogP contribution in [-0.2, 0) is 12.5 Å². The third-order valence-corrected chi connectivity index (χ3v) is 2.38. The zero-order chi connectivity index (χ0) is 11.8. The van der Waals surface area contributed by atoms with Crippen molar-refractivity contribution in [2.45, 2.75) is 45.3 Å². The molecule has 0 aliphatic carbocycles. The highest BCUT2D eigenvalue weighted by Gasteiger charge is 2.26. The molecule has 2 atom stereocenters. The van der Waals surface area contributed by atoms with Crippen LogP contribution in [0.5, 0.6) is 0 Å². The van der Waals surface area contributed by atoms with E-state index in [9.17, 15) is 5.11 Å².